The molecule has 92 valence electrons. The predicted molar refractivity (Wildman–Crippen MR) is 67.0 cm³/mol. The summed E-state index contributed by atoms with van der Waals surface area (Å²) in [5, 5.41) is 0. The second kappa shape index (κ2) is 5.08. The summed E-state index contributed by atoms with van der Waals surface area (Å²) in [4.78, 5) is 11.0. The fourth-order valence-electron chi connectivity index (χ4n) is 1.85. The van der Waals surface area contributed by atoms with Gasteiger partial charge < -0.3 is 0 Å². The third kappa shape index (κ3) is 2.45. The van der Waals surface area contributed by atoms with E-state index in [4.69, 9.17) is 0 Å². The molecule has 0 saturated heterocycles. The molecule has 0 fully saturated rings. The smallest absolute Gasteiger partial charge is 0.263 e. The zero-order valence-electron chi connectivity index (χ0n) is 9.86. The number of carbonyl (C=O) groups is 1. The minimum atomic E-state index is -2.47. The fraction of sp³-hybridized carbons (Fsp3) is 0.133. The number of aldehydes is 1. The van der Waals surface area contributed by atoms with Gasteiger partial charge in [0.05, 0.1) is 0 Å². The highest BCUT2D eigenvalue weighted by molar-refractivity contribution is 5.87. The molecule has 0 bridgehead atoms. The summed E-state index contributed by atoms with van der Waals surface area (Å²) >= 11 is 0. The van der Waals surface area contributed by atoms with Gasteiger partial charge in [-0.25, -0.2) is 8.78 Å². The van der Waals surface area contributed by atoms with Crippen molar-refractivity contribution in [1.29, 1.82) is 0 Å². The van der Waals surface area contributed by atoms with Crippen molar-refractivity contribution in [1.82, 2.24) is 0 Å². The van der Waals surface area contributed by atoms with E-state index >= 15 is 0 Å². The lowest BCUT2D eigenvalue weighted by Crippen LogP contribution is -1.90. The SMILES string of the molecule is Cc1ccc(-c2ccc(C(F)F)cc2)c(C=O)c1. The molecule has 0 aliphatic heterocycles. The van der Waals surface area contributed by atoms with E-state index in [1.165, 1.54) is 12.1 Å². The Morgan fingerprint density at radius 1 is 1.06 bits per heavy atom. The van der Waals surface area contributed by atoms with Crippen LogP contribution in [0.3, 0.4) is 0 Å². The standard InChI is InChI=1S/C15H12F2O/c1-10-2-7-14(13(8-10)9-18)11-3-5-12(6-4-11)15(16)17/h2-9,15H,1H3. The van der Waals surface area contributed by atoms with Gasteiger partial charge in [-0.3, -0.25) is 4.79 Å². The Hall–Kier alpha value is -2.03. The first kappa shape index (κ1) is 12.4. The van der Waals surface area contributed by atoms with E-state index in [1.807, 2.05) is 19.1 Å². The van der Waals surface area contributed by atoms with E-state index in [9.17, 15) is 13.6 Å². The minimum absolute atomic E-state index is 0.0153. The summed E-state index contributed by atoms with van der Waals surface area (Å²) < 4.78 is 24.9. The third-order valence-electron chi connectivity index (χ3n) is 2.81. The predicted octanol–water partition coefficient (Wildman–Crippen LogP) is 4.41. The number of hydrogen-bond donors (Lipinski definition) is 0. The molecule has 3 heteroatoms. The van der Waals surface area contributed by atoms with Crippen LogP contribution in [0.5, 0.6) is 0 Å². The van der Waals surface area contributed by atoms with Gasteiger partial charge in [0.2, 0.25) is 0 Å². The van der Waals surface area contributed by atoms with E-state index in [-0.39, 0.29) is 5.56 Å². The lowest BCUT2D eigenvalue weighted by Gasteiger charge is -2.07. The maximum absolute atomic E-state index is 12.4. The molecule has 0 heterocycles. The zero-order chi connectivity index (χ0) is 13.1. The number of aryl methyl sites for hydroxylation is 1. The van der Waals surface area contributed by atoms with Gasteiger partial charge in [-0.1, -0.05) is 42.0 Å². The van der Waals surface area contributed by atoms with Gasteiger partial charge in [0, 0.05) is 11.1 Å². The first-order chi connectivity index (χ1) is 8.61. The lowest BCUT2D eigenvalue weighted by molar-refractivity contribution is 0.112. The van der Waals surface area contributed by atoms with Crippen molar-refractivity contribution >= 4 is 6.29 Å². The minimum Gasteiger partial charge on any atom is -0.298 e. The maximum atomic E-state index is 12.4. The number of halogens is 2. The quantitative estimate of drug-likeness (QED) is 0.733. The number of benzene rings is 2. The van der Waals surface area contributed by atoms with Gasteiger partial charge in [-0.05, 0) is 24.1 Å². The normalized spacial score (nSPS) is 10.7. The number of carbonyl (C=O) groups excluding carboxylic acids is 1. The molecule has 0 unspecified atom stereocenters. The van der Waals surface area contributed by atoms with Gasteiger partial charge in [0.25, 0.3) is 6.43 Å². The Bertz CT molecular complexity index is 559. The van der Waals surface area contributed by atoms with E-state index < -0.39 is 6.43 Å². The number of rotatable bonds is 3. The van der Waals surface area contributed by atoms with Crippen molar-refractivity contribution in [3.05, 3.63) is 59.2 Å². The van der Waals surface area contributed by atoms with Crippen LogP contribution in [0, 0.1) is 6.92 Å². The molecule has 18 heavy (non-hydrogen) atoms. The van der Waals surface area contributed by atoms with Crippen LogP contribution < -0.4 is 0 Å². The molecule has 0 radical (unpaired) electrons. The highest BCUT2D eigenvalue weighted by atomic mass is 19.3. The monoisotopic (exact) mass is 246 g/mol. The molecular formula is C15H12F2O. The Kier molecular flexibility index (Phi) is 3.51. The summed E-state index contributed by atoms with van der Waals surface area (Å²) in [7, 11) is 0. The average molecular weight is 246 g/mol. The molecule has 2 aromatic carbocycles. The van der Waals surface area contributed by atoms with Crippen LogP contribution in [0.25, 0.3) is 11.1 Å². The Morgan fingerprint density at radius 3 is 2.28 bits per heavy atom. The zero-order valence-corrected chi connectivity index (χ0v) is 9.86. The van der Waals surface area contributed by atoms with Crippen LogP contribution >= 0.6 is 0 Å². The third-order valence-corrected chi connectivity index (χ3v) is 2.81. The van der Waals surface area contributed by atoms with Crippen molar-refractivity contribution in [2.24, 2.45) is 0 Å². The van der Waals surface area contributed by atoms with Gasteiger partial charge in [0.15, 0.2) is 6.29 Å². The number of alkyl halides is 2. The summed E-state index contributed by atoms with van der Waals surface area (Å²) in [5.41, 5.74) is 3.07. The molecule has 0 amide bonds. The summed E-state index contributed by atoms with van der Waals surface area (Å²) in [6.45, 7) is 1.90. The molecule has 0 atom stereocenters. The van der Waals surface area contributed by atoms with Crippen LogP contribution in [0.1, 0.15) is 27.9 Å². The largest absolute Gasteiger partial charge is 0.298 e. The summed E-state index contributed by atoms with van der Waals surface area (Å²) in [6.07, 6.45) is -1.69. The molecule has 0 N–H and O–H groups in total. The van der Waals surface area contributed by atoms with Gasteiger partial charge in [-0.2, -0.15) is 0 Å². The molecule has 2 rings (SSSR count). The molecule has 0 aliphatic rings. The van der Waals surface area contributed by atoms with Gasteiger partial charge in [-0.15, -0.1) is 0 Å². The van der Waals surface area contributed by atoms with Crippen molar-refractivity contribution in [2.75, 3.05) is 0 Å². The fourth-order valence-corrected chi connectivity index (χ4v) is 1.85. The van der Waals surface area contributed by atoms with Crippen LogP contribution in [0.15, 0.2) is 42.5 Å². The molecule has 0 saturated carbocycles. The molecule has 2 aromatic rings. The van der Waals surface area contributed by atoms with Crippen LogP contribution in [0.2, 0.25) is 0 Å². The topological polar surface area (TPSA) is 17.1 Å². The van der Waals surface area contributed by atoms with Crippen LogP contribution in [0.4, 0.5) is 8.78 Å². The lowest BCUT2D eigenvalue weighted by atomic mass is 9.98. The average Bonchev–Trinajstić information content (AvgIpc) is 2.38. The van der Waals surface area contributed by atoms with Crippen molar-refractivity contribution in [3.63, 3.8) is 0 Å². The Labute approximate surface area is 104 Å². The van der Waals surface area contributed by atoms with Crippen molar-refractivity contribution in [2.45, 2.75) is 13.3 Å². The second-order valence-electron chi connectivity index (χ2n) is 4.13. The Balaban J connectivity index is 2.45. The van der Waals surface area contributed by atoms with E-state index in [1.54, 1.807) is 18.2 Å². The van der Waals surface area contributed by atoms with Gasteiger partial charge >= 0.3 is 0 Å². The molecular weight excluding hydrogens is 234 g/mol. The molecule has 0 aliphatic carbocycles. The van der Waals surface area contributed by atoms with E-state index in [0.717, 1.165) is 23.0 Å². The molecule has 1 nitrogen and oxygen atoms in total. The van der Waals surface area contributed by atoms with Crippen molar-refractivity contribution in [3.8, 4) is 11.1 Å². The van der Waals surface area contributed by atoms with E-state index in [0.29, 0.717) is 5.56 Å². The highest BCUT2D eigenvalue weighted by Crippen LogP contribution is 2.26. The molecule has 0 spiro atoms. The van der Waals surface area contributed by atoms with Gasteiger partial charge in [0.1, 0.15) is 0 Å². The second-order valence-corrected chi connectivity index (χ2v) is 4.13. The summed E-state index contributed by atoms with van der Waals surface area (Å²) in [5.74, 6) is 0. The number of hydrogen-bond acceptors (Lipinski definition) is 1. The van der Waals surface area contributed by atoms with Crippen molar-refractivity contribution < 1.29 is 13.6 Å². The first-order valence-electron chi connectivity index (χ1n) is 5.56. The summed E-state index contributed by atoms with van der Waals surface area (Å²) in [6, 6.07) is 11.5. The van der Waals surface area contributed by atoms with Crippen LogP contribution in [-0.4, -0.2) is 6.29 Å². The first-order valence-corrected chi connectivity index (χ1v) is 5.56. The van der Waals surface area contributed by atoms with E-state index in [2.05, 4.69) is 0 Å². The van der Waals surface area contributed by atoms with Crippen LogP contribution in [-0.2, 0) is 0 Å². The highest BCUT2D eigenvalue weighted by Gasteiger charge is 2.08. The molecule has 0 aromatic heterocycles. The Morgan fingerprint density at radius 2 is 1.72 bits per heavy atom. The maximum Gasteiger partial charge on any atom is 0.263 e.